The summed E-state index contributed by atoms with van der Waals surface area (Å²) >= 11 is 0. The van der Waals surface area contributed by atoms with Crippen LogP contribution in [0.25, 0.3) is 0 Å². The quantitative estimate of drug-likeness (QED) is 0.312. The minimum atomic E-state index is -2.65. The Morgan fingerprint density at radius 1 is 1.44 bits per heavy atom. The Bertz CT molecular complexity index is 346. The second-order valence-electron chi connectivity index (χ2n) is 5.23. The average molecular weight is 263 g/mol. The Labute approximate surface area is 104 Å². The normalized spacial score (nSPS) is 21.7. The highest BCUT2D eigenvalue weighted by Crippen LogP contribution is 2.36. The van der Waals surface area contributed by atoms with Gasteiger partial charge in [-0.2, -0.15) is 0 Å². The van der Waals surface area contributed by atoms with Gasteiger partial charge >= 0.3 is 0 Å². The Morgan fingerprint density at radius 3 is 2.39 bits per heavy atom. The number of nitrogens with zero attached hydrogens (tertiary/aromatic N) is 1. The minimum Gasteiger partial charge on any atom is -0.409 e. The summed E-state index contributed by atoms with van der Waals surface area (Å²) in [6, 6.07) is 0. The average Bonchev–Trinajstić information content (AvgIpc) is 2.26. The Balaban J connectivity index is 2.57. The Morgan fingerprint density at radius 2 is 1.94 bits per heavy atom. The summed E-state index contributed by atoms with van der Waals surface area (Å²) in [5, 5.41) is 14.0. The lowest BCUT2D eigenvalue weighted by atomic mass is 9.85. The number of nitrogens with two attached hydrogens (primary N) is 1. The van der Waals surface area contributed by atoms with Gasteiger partial charge in [-0.15, -0.1) is 0 Å². The number of rotatable bonds is 3. The van der Waals surface area contributed by atoms with Crippen LogP contribution in [0.2, 0.25) is 0 Å². The molecule has 1 amide bonds. The molecule has 5 nitrogen and oxygen atoms in total. The van der Waals surface area contributed by atoms with E-state index >= 15 is 0 Å². The van der Waals surface area contributed by atoms with Crippen molar-refractivity contribution >= 4 is 11.7 Å². The van der Waals surface area contributed by atoms with E-state index < -0.39 is 17.4 Å². The Hall–Kier alpha value is -1.40. The molecule has 7 heteroatoms. The molecular formula is C11H19F2N3O2. The molecule has 0 radical (unpaired) electrons. The summed E-state index contributed by atoms with van der Waals surface area (Å²) < 4.78 is 25.9. The summed E-state index contributed by atoms with van der Waals surface area (Å²) in [5.41, 5.74) is 4.44. The number of halogens is 2. The molecule has 0 bridgehead atoms. The smallest absolute Gasteiger partial charge is 0.248 e. The Kier molecular flexibility index (Phi) is 4.13. The van der Waals surface area contributed by atoms with E-state index in [1.165, 1.54) is 0 Å². The molecule has 0 aromatic heterocycles. The summed E-state index contributed by atoms with van der Waals surface area (Å²) in [4.78, 5) is 11.9. The zero-order valence-corrected chi connectivity index (χ0v) is 10.5. The third-order valence-corrected chi connectivity index (χ3v) is 3.27. The van der Waals surface area contributed by atoms with Crippen LogP contribution < -0.4 is 11.1 Å². The second-order valence-corrected chi connectivity index (χ2v) is 5.23. The fraction of sp³-hybridized carbons (Fsp3) is 0.818. The molecule has 1 aliphatic rings. The fourth-order valence-electron chi connectivity index (χ4n) is 1.90. The van der Waals surface area contributed by atoms with Crippen LogP contribution in [-0.4, -0.2) is 28.4 Å². The van der Waals surface area contributed by atoms with Gasteiger partial charge < -0.3 is 16.3 Å². The molecule has 0 atom stereocenters. The standard InChI is InChI=1S/C11H19F2N3O2/c1-10(2,9(14)16-18)15-8(17)7-3-5-11(12,13)6-4-7/h7,18H,3-6H2,1-2H3,(H2,14,16)(H,15,17). The van der Waals surface area contributed by atoms with Crippen LogP contribution in [0.1, 0.15) is 39.5 Å². The summed E-state index contributed by atoms with van der Waals surface area (Å²) in [7, 11) is 0. The third-order valence-electron chi connectivity index (χ3n) is 3.27. The van der Waals surface area contributed by atoms with Gasteiger partial charge in [-0.25, -0.2) is 8.78 Å². The van der Waals surface area contributed by atoms with Crippen molar-refractivity contribution < 1.29 is 18.8 Å². The molecule has 0 aromatic rings. The largest absolute Gasteiger partial charge is 0.409 e. The van der Waals surface area contributed by atoms with Crippen molar-refractivity contribution in [1.82, 2.24) is 5.32 Å². The van der Waals surface area contributed by atoms with E-state index in [-0.39, 0.29) is 37.4 Å². The first-order valence-corrected chi connectivity index (χ1v) is 5.86. The van der Waals surface area contributed by atoms with Gasteiger partial charge in [-0.1, -0.05) is 5.16 Å². The van der Waals surface area contributed by atoms with Crippen molar-refractivity contribution in [2.24, 2.45) is 16.8 Å². The first-order valence-electron chi connectivity index (χ1n) is 5.86. The van der Waals surface area contributed by atoms with Crippen molar-refractivity contribution in [2.45, 2.75) is 51.0 Å². The maximum atomic E-state index is 13.0. The van der Waals surface area contributed by atoms with Gasteiger partial charge in [0, 0.05) is 18.8 Å². The van der Waals surface area contributed by atoms with Crippen LogP contribution in [0.5, 0.6) is 0 Å². The van der Waals surface area contributed by atoms with Gasteiger partial charge in [0.05, 0.1) is 5.54 Å². The lowest BCUT2D eigenvalue weighted by molar-refractivity contribution is -0.130. The van der Waals surface area contributed by atoms with Gasteiger partial charge in [0.1, 0.15) is 0 Å². The van der Waals surface area contributed by atoms with Gasteiger partial charge in [-0.3, -0.25) is 4.79 Å². The highest BCUT2D eigenvalue weighted by atomic mass is 19.3. The lowest BCUT2D eigenvalue weighted by Gasteiger charge is -2.31. The first kappa shape index (κ1) is 14.7. The number of hydrogen-bond acceptors (Lipinski definition) is 3. The highest BCUT2D eigenvalue weighted by Gasteiger charge is 2.38. The maximum absolute atomic E-state index is 13.0. The van der Waals surface area contributed by atoms with Gasteiger partial charge in [-0.05, 0) is 26.7 Å². The first-order chi connectivity index (χ1) is 8.18. The van der Waals surface area contributed by atoms with Crippen molar-refractivity contribution in [3.63, 3.8) is 0 Å². The number of oxime groups is 1. The predicted octanol–water partition coefficient (Wildman–Crippen LogP) is 1.45. The molecule has 4 N–H and O–H groups in total. The third kappa shape index (κ3) is 3.54. The van der Waals surface area contributed by atoms with Crippen LogP contribution in [0, 0.1) is 5.92 Å². The fourth-order valence-corrected chi connectivity index (χ4v) is 1.90. The van der Waals surface area contributed by atoms with Gasteiger partial charge in [0.25, 0.3) is 0 Å². The number of amidine groups is 1. The van der Waals surface area contributed by atoms with Gasteiger partial charge in [0.2, 0.25) is 11.8 Å². The molecule has 1 rings (SSSR count). The van der Waals surface area contributed by atoms with E-state index in [1.807, 2.05) is 0 Å². The van der Waals surface area contributed by atoms with Crippen LogP contribution in [0.3, 0.4) is 0 Å². The molecule has 1 saturated carbocycles. The zero-order valence-electron chi connectivity index (χ0n) is 10.5. The van der Waals surface area contributed by atoms with E-state index in [4.69, 9.17) is 10.9 Å². The molecule has 104 valence electrons. The molecule has 0 spiro atoms. The molecule has 0 heterocycles. The number of carbonyl (C=O) groups excluding carboxylic acids is 1. The van der Waals surface area contributed by atoms with E-state index in [9.17, 15) is 13.6 Å². The summed E-state index contributed by atoms with van der Waals surface area (Å²) in [6.07, 6.45) is -0.222. The zero-order chi connectivity index (χ0) is 14.0. The number of hydrogen-bond donors (Lipinski definition) is 3. The van der Waals surface area contributed by atoms with E-state index in [0.717, 1.165) is 0 Å². The van der Waals surface area contributed by atoms with Crippen molar-refractivity contribution in [3.05, 3.63) is 0 Å². The topological polar surface area (TPSA) is 87.7 Å². The molecule has 18 heavy (non-hydrogen) atoms. The molecule has 0 aromatic carbocycles. The van der Waals surface area contributed by atoms with Crippen LogP contribution in [0.4, 0.5) is 8.78 Å². The lowest BCUT2D eigenvalue weighted by Crippen LogP contribution is -2.55. The second kappa shape index (κ2) is 5.07. The summed E-state index contributed by atoms with van der Waals surface area (Å²) in [5.74, 6) is -3.55. The molecule has 0 saturated heterocycles. The molecule has 1 aliphatic carbocycles. The molecular weight excluding hydrogens is 244 g/mol. The number of nitrogens with one attached hydrogen (secondary N) is 1. The van der Waals surface area contributed by atoms with Crippen LogP contribution >= 0.6 is 0 Å². The monoisotopic (exact) mass is 263 g/mol. The van der Waals surface area contributed by atoms with Crippen LogP contribution in [0.15, 0.2) is 5.16 Å². The number of amides is 1. The highest BCUT2D eigenvalue weighted by molar-refractivity contribution is 5.93. The molecule has 0 unspecified atom stereocenters. The van der Waals surface area contributed by atoms with Gasteiger partial charge in [0.15, 0.2) is 5.84 Å². The summed E-state index contributed by atoms with van der Waals surface area (Å²) in [6.45, 7) is 3.16. The van der Waals surface area contributed by atoms with Crippen LogP contribution in [-0.2, 0) is 4.79 Å². The predicted molar refractivity (Wildman–Crippen MR) is 62.5 cm³/mol. The van der Waals surface area contributed by atoms with E-state index in [1.54, 1.807) is 13.8 Å². The van der Waals surface area contributed by atoms with E-state index in [0.29, 0.717) is 0 Å². The van der Waals surface area contributed by atoms with Crippen molar-refractivity contribution in [2.75, 3.05) is 0 Å². The minimum absolute atomic E-state index is 0.128. The maximum Gasteiger partial charge on any atom is 0.248 e. The van der Waals surface area contributed by atoms with E-state index in [2.05, 4.69) is 10.5 Å². The molecule has 0 aliphatic heterocycles. The number of carbonyl (C=O) groups is 1. The number of alkyl halides is 2. The van der Waals surface area contributed by atoms with Crippen molar-refractivity contribution in [1.29, 1.82) is 0 Å². The SMILES string of the molecule is CC(C)(NC(=O)C1CCC(F)(F)CC1)C(N)=NO. The van der Waals surface area contributed by atoms with Crippen molar-refractivity contribution in [3.8, 4) is 0 Å². The molecule has 1 fully saturated rings.